The maximum absolute atomic E-state index is 12.0. The lowest BCUT2D eigenvalue weighted by molar-refractivity contribution is -0.117. The number of carbonyl (C=O) groups is 1. The Morgan fingerprint density at radius 3 is 2.57 bits per heavy atom. The van der Waals surface area contributed by atoms with E-state index in [2.05, 4.69) is 54.3 Å². The molecule has 1 aromatic heterocycles. The van der Waals surface area contributed by atoms with Crippen molar-refractivity contribution in [2.75, 3.05) is 17.2 Å². The summed E-state index contributed by atoms with van der Waals surface area (Å²) >= 11 is 0. The Labute approximate surface area is 167 Å². The fraction of sp³-hybridized carbons (Fsp3) is 0.500. The van der Waals surface area contributed by atoms with Gasteiger partial charge in [-0.2, -0.15) is 0 Å². The van der Waals surface area contributed by atoms with Crippen molar-refractivity contribution < 1.29 is 4.79 Å². The van der Waals surface area contributed by atoms with Crippen molar-refractivity contribution in [1.82, 2.24) is 15.3 Å². The summed E-state index contributed by atoms with van der Waals surface area (Å²) in [5.74, 6) is 1.18. The van der Waals surface area contributed by atoms with Gasteiger partial charge in [-0.05, 0) is 42.4 Å². The maximum atomic E-state index is 12.0. The molecule has 1 unspecified atom stereocenters. The van der Waals surface area contributed by atoms with Gasteiger partial charge in [0.05, 0.1) is 24.1 Å². The number of anilines is 2. The number of aromatic nitrogens is 2. The first-order valence-electron chi connectivity index (χ1n) is 10.2. The van der Waals surface area contributed by atoms with Crippen LogP contribution in [-0.2, 0) is 17.6 Å². The topological polar surface area (TPSA) is 94.0 Å². The van der Waals surface area contributed by atoms with E-state index in [1.165, 1.54) is 11.1 Å². The van der Waals surface area contributed by atoms with Crippen molar-refractivity contribution in [2.45, 2.75) is 59.0 Å². The molecule has 4 rings (SSSR count). The van der Waals surface area contributed by atoms with E-state index in [1.54, 1.807) is 19.3 Å². The Bertz CT molecular complexity index is 816. The molecular weight excluding hydrogens is 350 g/mol. The van der Waals surface area contributed by atoms with Crippen LogP contribution in [0.4, 0.5) is 11.5 Å². The summed E-state index contributed by atoms with van der Waals surface area (Å²) in [7, 11) is 0. The van der Waals surface area contributed by atoms with Crippen LogP contribution in [0.15, 0.2) is 30.6 Å². The Morgan fingerprint density at radius 1 is 1.29 bits per heavy atom. The van der Waals surface area contributed by atoms with E-state index >= 15 is 0 Å². The van der Waals surface area contributed by atoms with Crippen LogP contribution in [0.1, 0.15) is 57.0 Å². The normalized spacial score (nSPS) is 22.7. The maximum Gasteiger partial charge on any atom is 0.224 e. The molecule has 6 heteroatoms. The molecule has 1 saturated heterocycles. The monoisotopic (exact) mass is 381 g/mol. The Hall–Kier alpha value is -2.47. The van der Waals surface area contributed by atoms with Crippen molar-refractivity contribution in [3.8, 4) is 0 Å². The van der Waals surface area contributed by atoms with Gasteiger partial charge in [0.2, 0.25) is 5.91 Å². The highest BCUT2D eigenvalue weighted by Crippen LogP contribution is 2.35. The lowest BCUT2D eigenvalue weighted by atomic mass is 9.84. The number of nitrogens with one attached hydrogen (secondary N) is 1. The molecule has 0 saturated carbocycles. The van der Waals surface area contributed by atoms with Crippen LogP contribution in [0.5, 0.6) is 0 Å². The number of hydrogen-bond donors (Lipinski definition) is 2. The average Bonchev–Trinajstić information content (AvgIpc) is 3.52. The van der Waals surface area contributed by atoms with Gasteiger partial charge in [0.25, 0.3) is 0 Å². The predicted molar refractivity (Wildman–Crippen MR) is 113 cm³/mol. The zero-order chi connectivity index (χ0) is 20.3. The van der Waals surface area contributed by atoms with Gasteiger partial charge >= 0.3 is 0 Å². The second kappa shape index (κ2) is 8.69. The number of nitrogens with zero attached hydrogens (tertiary/aromatic N) is 3. The van der Waals surface area contributed by atoms with Crippen LogP contribution < -0.4 is 16.0 Å². The first-order valence-corrected chi connectivity index (χ1v) is 10.2. The predicted octanol–water partition coefficient (Wildman–Crippen LogP) is 3.28. The molecule has 150 valence electrons. The zero-order valence-electron chi connectivity index (χ0n) is 17.3. The van der Waals surface area contributed by atoms with Crippen LogP contribution >= 0.6 is 0 Å². The fourth-order valence-corrected chi connectivity index (χ4v) is 3.96. The van der Waals surface area contributed by atoms with Crippen molar-refractivity contribution >= 4 is 17.4 Å². The molecule has 2 aliphatic rings. The first-order chi connectivity index (χ1) is 13.4. The van der Waals surface area contributed by atoms with Crippen molar-refractivity contribution in [1.29, 1.82) is 0 Å². The lowest BCUT2D eigenvalue weighted by Gasteiger charge is -2.40. The van der Waals surface area contributed by atoms with E-state index in [4.69, 9.17) is 5.73 Å². The van der Waals surface area contributed by atoms with Crippen molar-refractivity contribution in [2.24, 2.45) is 5.92 Å². The van der Waals surface area contributed by atoms with E-state index in [1.807, 2.05) is 4.90 Å². The Kier molecular flexibility index (Phi) is 6.29. The standard InChI is InChI=1S/C16H23NO.C6H8N4/c1-5-13-7-8-16-14(10-13)9-11(3)15(6-2)17(16)12(4)18;7-6-3-9-5(2-10-6)4-1-8-4/h7-8,10-11,15H,5-6,9H2,1-4H3;2-4,8H,1H2,(H2,7,10)/t11-,15+;/m1./s1. The number of amides is 1. The molecule has 2 aliphatic heterocycles. The molecule has 0 aliphatic carbocycles. The molecule has 0 spiro atoms. The number of nitrogens with two attached hydrogens (primary N) is 1. The Balaban J connectivity index is 0.000000188. The summed E-state index contributed by atoms with van der Waals surface area (Å²) in [5, 5.41) is 3.13. The van der Waals surface area contributed by atoms with Crippen LogP contribution in [-0.4, -0.2) is 28.5 Å². The van der Waals surface area contributed by atoms with Crippen molar-refractivity contribution in [3.05, 3.63) is 47.4 Å². The summed E-state index contributed by atoms with van der Waals surface area (Å²) in [6.07, 6.45) is 6.45. The van der Waals surface area contributed by atoms with E-state index in [-0.39, 0.29) is 5.91 Å². The molecule has 0 bridgehead atoms. The van der Waals surface area contributed by atoms with Gasteiger partial charge in [0.1, 0.15) is 5.82 Å². The highest BCUT2D eigenvalue weighted by atomic mass is 16.2. The minimum Gasteiger partial charge on any atom is -0.382 e. The summed E-state index contributed by atoms with van der Waals surface area (Å²) in [6.45, 7) is 9.29. The van der Waals surface area contributed by atoms with E-state index in [0.717, 1.165) is 37.2 Å². The number of benzene rings is 1. The molecule has 0 radical (unpaired) electrons. The summed E-state index contributed by atoms with van der Waals surface area (Å²) in [4.78, 5) is 22.0. The smallest absolute Gasteiger partial charge is 0.224 e. The molecule has 2 aromatic rings. The molecule has 1 aromatic carbocycles. The second-order valence-corrected chi connectivity index (χ2v) is 7.69. The van der Waals surface area contributed by atoms with E-state index < -0.39 is 0 Å². The van der Waals surface area contributed by atoms with E-state index in [0.29, 0.717) is 23.8 Å². The van der Waals surface area contributed by atoms with Gasteiger partial charge in [-0.1, -0.05) is 32.9 Å². The van der Waals surface area contributed by atoms with Gasteiger partial charge < -0.3 is 16.0 Å². The summed E-state index contributed by atoms with van der Waals surface area (Å²) in [6, 6.07) is 7.32. The van der Waals surface area contributed by atoms with Gasteiger partial charge in [0.15, 0.2) is 0 Å². The molecule has 28 heavy (non-hydrogen) atoms. The third-order valence-corrected chi connectivity index (χ3v) is 5.56. The minimum atomic E-state index is 0.166. The molecule has 3 atom stereocenters. The number of fused-ring (bicyclic) bond motifs is 1. The van der Waals surface area contributed by atoms with Crippen LogP contribution in [0.2, 0.25) is 0 Å². The summed E-state index contributed by atoms with van der Waals surface area (Å²) in [5.41, 5.74) is 10.2. The van der Waals surface area contributed by atoms with Gasteiger partial charge in [-0.15, -0.1) is 0 Å². The number of carbonyl (C=O) groups excluding carboxylic acids is 1. The van der Waals surface area contributed by atoms with Gasteiger partial charge in [-0.25, -0.2) is 4.98 Å². The Morgan fingerprint density at radius 2 is 2.04 bits per heavy atom. The quantitative estimate of drug-likeness (QED) is 0.796. The number of nitrogen functional groups attached to an aromatic ring is 1. The lowest BCUT2D eigenvalue weighted by Crippen LogP contribution is -2.46. The van der Waals surface area contributed by atoms with Crippen LogP contribution in [0, 0.1) is 5.92 Å². The van der Waals surface area contributed by atoms with E-state index in [9.17, 15) is 4.79 Å². The SMILES string of the molecule is CCc1ccc2c(c1)C[C@@H](C)[C@H](CC)N2C(C)=O.Nc1cnc(C2CN2)cn1. The molecule has 3 heterocycles. The third kappa shape index (κ3) is 4.50. The highest BCUT2D eigenvalue weighted by molar-refractivity contribution is 5.93. The number of rotatable bonds is 3. The largest absolute Gasteiger partial charge is 0.382 e. The van der Waals surface area contributed by atoms with Crippen LogP contribution in [0.3, 0.4) is 0 Å². The van der Waals surface area contributed by atoms with Crippen molar-refractivity contribution in [3.63, 3.8) is 0 Å². The molecular formula is C22H31N5O. The first kappa shape index (κ1) is 20.3. The third-order valence-electron chi connectivity index (χ3n) is 5.56. The van der Waals surface area contributed by atoms with Gasteiger partial charge in [-0.3, -0.25) is 9.78 Å². The number of hydrogen-bond acceptors (Lipinski definition) is 5. The molecule has 6 nitrogen and oxygen atoms in total. The highest BCUT2D eigenvalue weighted by Gasteiger charge is 2.32. The fourth-order valence-electron chi connectivity index (χ4n) is 3.96. The molecule has 1 fully saturated rings. The zero-order valence-corrected chi connectivity index (χ0v) is 17.3. The summed E-state index contributed by atoms with van der Waals surface area (Å²) < 4.78 is 0. The second-order valence-electron chi connectivity index (χ2n) is 7.69. The average molecular weight is 382 g/mol. The number of aryl methyl sites for hydroxylation is 1. The van der Waals surface area contributed by atoms with Gasteiger partial charge in [0, 0.05) is 25.2 Å². The van der Waals surface area contributed by atoms with Crippen LogP contribution in [0.25, 0.3) is 0 Å². The molecule has 3 N–H and O–H groups in total. The minimum absolute atomic E-state index is 0.166. The molecule has 1 amide bonds.